The molecule has 0 saturated heterocycles. The lowest BCUT2D eigenvalue weighted by Crippen LogP contribution is -2.32. The van der Waals surface area contributed by atoms with E-state index in [4.69, 9.17) is 4.74 Å². The molecule has 3 aromatic carbocycles. The lowest BCUT2D eigenvalue weighted by molar-refractivity contribution is -0.147. The molecule has 0 spiro atoms. The first-order chi connectivity index (χ1) is 18.0. The van der Waals surface area contributed by atoms with Gasteiger partial charge in [0.1, 0.15) is 5.82 Å². The van der Waals surface area contributed by atoms with Gasteiger partial charge < -0.3 is 10.1 Å². The molecule has 9 heteroatoms. The Morgan fingerprint density at radius 1 is 0.811 bits per heavy atom. The number of anilines is 1. The summed E-state index contributed by atoms with van der Waals surface area (Å²) >= 11 is 0. The van der Waals surface area contributed by atoms with Crippen molar-refractivity contribution in [1.29, 1.82) is 0 Å². The number of nitrogens with zero attached hydrogens (tertiary/aromatic N) is 3. The molecule has 0 radical (unpaired) electrons. The number of carbonyl (C=O) groups is 4. The summed E-state index contributed by atoms with van der Waals surface area (Å²) in [6.45, 7) is -0.657. The lowest BCUT2D eigenvalue weighted by Gasteiger charge is -2.13. The predicted octanol–water partition coefficient (Wildman–Crippen LogP) is 3.71. The van der Waals surface area contributed by atoms with Crippen LogP contribution in [0.15, 0.2) is 91.0 Å². The molecule has 1 aliphatic rings. The van der Waals surface area contributed by atoms with Gasteiger partial charge in [-0.25, -0.2) is 4.68 Å². The summed E-state index contributed by atoms with van der Waals surface area (Å²) in [5, 5.41) is 7.37. The quantitative estimate of drug-likeness (QED) is 0.295. The number of amides is 3. The maximum absolute atomic E-state index is 12.6. The Hall–Kier alpha value is -5.05. The maximum Gasteiger partial charge on any atom is 0.308 e. The number of para-hydroxylation sites is 1. The van der Waals surface area contributed by atoms with Crippen LogP contribution < -0.4 is 5.32 Å². The molecule has 0 aliphatic carbocycles. The van der Waals surface area contributed by atoms with Gasteiger partial charge in [-0.2, -0.15) is 5.10 Å². The van der Waals surface area contributed by atoms with E-state index in [-0.39, 0.29) is 13.0 Å². The highest BCUT2D eigenvalue weighted by Crippen LogP contribution is 2.25. The second-order valence-electron chi connectivity index (χ2n) is 8.29. The van der Waals surface area contributed by atoms with Crippen LogP contribution in [0.4, 0.5) is 5.82 Å². The number of ether oxygens (including phenoxy) is 1. The van der Waals surface area contributed by atoms with Gasteiger partial charge in [0, 0.05) is 18.2 Å². The van der Waals surface area contributed by atoms with Gasteiger partial charge in [0.05, 0.1) is 28.9 Å². The molecule has 0 atom stereocenters. The standard InChI is InChI=1S/C28H22N4O5/c33-25(18-37-26(34)15-16-31-27(35)21-13-7-8-14-22(21)28(31)36)29-24-17-23(19-9-3-1-4-10-19)30-32(24)20-11-5-2-6-12-20/h1-14,17H,15-16,18H2,(H,29,33). The fourth-order valence-electron chi connectivity index (χ4n) is 4.03. The number of hydrogen-bond acceptors (Lipinski definition) is 6. The molecule has 2 heterocycles. The second kappa shape index (κ2) is 10.3. The molecule has 37 heavy (non-hydrogen) atoms. The van der Waals surface area contributed by atoms with Crippen molar-refractivity contribution in [2.75, 3.05) is 18.5 Å². The molecule has 0 saturated carbocycles. The first-order valence-electron chi connectivity index (χ1n) is 11.6. The number of benzene rings is 3. The normalized spacial score (nSPS) is 12.4. The Labute approximate surface area is 212 Å². The average Bonchev–Trinajstić information content (AvgIpc) is 3.46. The zero-order chi connectivity index (χ0) is 25.8. The van der Waals surface area contributed by atoms with Crippen LogP contribution in [0.25, 0.3) is 16.9 Å². The molecule has 1 aromatic heterocycles. The molecular formula is C28H22N4O5. The monoisotopic (exact) mass is 494 g/mol. The summed E-state index contributed by atoms with van der Waals surface area (Å²) in [6, 6.07) is 27.1. The SMILES string of the molecule is O=C(COC(=O)CCN1C(=O)c2ccccc2C1=O)Nc1cc(-c2ccccc2)nn1-c1ccccc1. The number of nitrogens with one attached hydrogen (secondary N) is 1. The molecule has 184 valence electrons. The average molecular weight is 495 g/mol. The smallest absolute Gasteiger partial charge is 0.308 e. The summed E-state index contributed by atoms with van der Waals surface area (Å²) in [5.41, 5.74) is 2.91. The van der Waals surface area contributed by atoms with Crippen molar-refractivity contribution in [2.45, 2.75) is 6.42 Å². The minimum atomic E-state index is -0.701. The maximum atomic E-state index is 12.6. The van der Waals surface area contributed by atoms with Crippen LogP contribution >= 0.6 is 0 Å². The zero-order valence-corrected chi connectivity index (χ0v) is 19.7. The molecule has 1 N–H and O–H groups in total. The van der Waals surface area contributed by atoms with Crippen LogP contribution in [0.1, 0.15) is 27.1 Å². The van der Waals surface area contributed by atoms with Crippen molar-refractivity contribution >= 4 is 29.5 Å². The summed E-state index contributed by atoms with van der Waals surface area (Å²) < 4.78 is 6.69. The van der Waals surface area contributed by atoms with Crippen molar-refractivity contribution < 1.29 is 23.9 Å². The summed E-state index contributed by atoms with van der Waals surface area (Å²) in [7, 11) is 0. The second-order valence-corrected chi connectivity index (χ2v) is 8.29. The minimum Gasteiger partial charge on any atom is -0.456 e. The third-order valence-electron chi connectivity index (χ3n) is 5.83. The van der Waals surface area contributed by atoms with Crippen molar-refractivity contribution in [3.05, 3.63) is 102 Å². The molecule has 9 nitrogen and oxygen atoms in total. The highest BCUT2D eigenvalue weighted by molar-refractivity contribution is 6.21. The largest absolute Gasteiger partial charge is 0.456 e. The van der Waals surface area contributed by atoms with Crippen molar-refractivity contribution in [1.82, 2.24) is 14.7 Å². The number of rotatable bonds is 8. The third-order valence-corrected chi connectivity index (χ3v) is 5.83. The van der Waals surface area contributed by atoms with Gasteiger partial charge in [0.15, 0.2) is 6.61 Å². The van der Waals surface area contributed by atoms with Crippen molar-refractivity contribution in [3.63, 3.8) is 0 Å². The minimum absolute atomic E-state index is 0.131. The highest BCUT2D eigenvalue weighted by Gasteiger charge is 2.35. The number of imide groups is 1. The third kappa shape index (κ3) is 5.01. The molecule has 0 fully saturated rings. The van der Waals surface area contributed by atoms with E-state index < -0.39 is 30.3 Å². The number of esters is 1. The van der Waals surface area contributed by atoms with Crippen molar-refractivity contribution in [3.8, 4) is 16.9 Å². The topological polar surface area (TPSA) is 111 Å². The van der Waals surface area contributed by atoms with E-state index in [1.807, 2.05) is 60.7 Å². The van der Waals surface area contributed by atoms with Gasteiger partial charge in [0.2, 0.25) is 0 Å². The summed E-state index contributed by atoms with van der Waals surface area (Å²) in [4.78, 5) is 50.7. The van der Waals surface area contributed by atoms with Crippen LogP contribution in [-0.2, 0) is 14.3 Å². The summed E-state index contributed by atoms with van der Waals surface area (Å²) in [6.07, 6.45) is -0.223. The Morgan fingerprint density at radius 3 is 2.05 bits per heavy atom. The van der Waals surface area contributed by atoms with Gasteiger partial charge >= 0.3 is 5.97 Å². The first-order valence-corrected chi connectivity index (χ1v) is 11.6. The van der Waals surface area contributed by atoms with Gasteiger partial charge in [-0.15, -0.1) is 0 Å². The number of fused-ring (bicyclic) bond motifs is 1. The van der Waals surface area contributed by atoms with Gasteiger partial charge in [-0.05, 0) is 24.3 Å². The first kappa shape index (κ1) is 23.7. The fraction of sp³-hybridized carbons (Fsp3) is 0.107. The van der Waals surface area contributed by atoms with E-state index in [0.717, 1.165) is 16.2 Å². The van der Waals surface area contributed by atoms with Crippen LogP contribution in [0, 0.1) is 0 Å². The Kier molecular flexibility index (Phi) is 6.58. The van der Waals surface area contributed by atoms with Crippen LogP contribution in [0.5, 0.6) is 0 Å². The van der Waals surface area contributed by atoms with Crippen LogP contribution in [0.2, 0.25) is 0 Å². The zero-order valence-electron chi connectivity index (χ0n) is 19.7. The highest BCUT2D eigenvalue weighted by atomic mass is 16.5. The number of hydrogen-bond donors (Lipinski definition) is 1. The molecule has 0 unspecified atom stereocenters. The number of carbonyl (C=O) groups excluding carboxylic acids is 4. The predicted molar refractivity (Wildman–Crippen MR) is 135 cm³/mol. The van der Waals surface area contributed by atoms with E-state index in [9.17, 15) is 19.2 Å². The van der Waals surface area contributed by atoms with E-state index in [0.29, 0.717) is 22.6 Å². The fourth-order valence-corrected chi connectivity index (χ4v) is 4.03. The molecular weight excluding hydrogens is 472 g/mol. The van der Waals surface area contributed by atoms with E-state index in [2.05, 4.69) is 10.4 Å². The van der Waals surface area contributed by atoms with Crippen LogP contribution in [0.3, 0.4) is 0 Å². The Balaban J connectivity index is 1.20. The molecule has 1 aliphatic heterocycles. The molecule has 3 amide bonds. The van der Waals surface area contributed by atoms with Gasteiger partial charge in [-0.3, -0.25) is 24.1 Å². The molecule has 0 bridgehead atoms. The summed E-state index contributed by atoms with van der Waals surface area (Å²) in [5.74, 6) is -1.74. The van der Waals surface area contributed by atoms with E-state index in [1.165, 1.54) is 0 Å². The van der Waals surface area contributed by atoms with Crippen LogP contribution in [-0.4, -0.2) is 51.5 Å². The van der Waals surface area contributed by atoms with Gasteiger partial charge in [-0.1, -0.05) is 60.7 Å². The Morgan fingerprint density at radius 2 is 1.41 bits per heavy atom. The Bertz CT molecular complexity index is 1450. The van der Waals surface area contributed by atoms with E-state index >= 15 is 0 Å². The van der Waals surface area contributed by atoms with E-state index in [1.54, 1.807) is 35.0 Å². The lowest BCUT2D eigenvalue weighted by atomic mass is 10.1. The molecule has 4 aromatic rings. The number of aromatic nitrogens is 2. The van der Waals surface area contributed by atoms with Crippen molar-refractivity contribution in [2.24, 2.45) is 0 Å². The molecule has 5 rings (SSSR count). The van der Waals surface area contributed by atoms with Gasteiger partial charge in [0.25, 0.3) is 17.7 Å².